The van der Waals surface area contributed by atoms with E-state index in [0.717, 1.165) is 30.6 Å². The molecule has 0 atom stereocenters. The molecular weight excluding hydrogens is 368 g/mol. The number of rotatable bonds is 5. The predicted molar refractivity (Wildman–Crippen MR) is 108 cm³/mol. The lowest BCUT2D eigenvalue weighted by atomic mass is 10.0. The molecule has 148 valence electrons. The van der Waals surface area contributed by atoms with Crippen LogP contribution in [0.15, 0.2) is 61.2 Å². The molecule has 1 aliphatic heterocycles. The van der Waals surface area contributed by atoms with Gasteiger partial charge in [-0.2, -0.15) is 5.10 Å². The van der Waals surface area contributed by atoms with Gasteiger partial charge in [0, 0.05) is 17.8 Å². The van der Waals surface area contributed by atoms with Crippen molar-refractivity contribution >= 4 is 17.5 Å². The van der Waals surface area contributed by atoms with Crippen LogP contribution in [0.25, 0.3) is 0 Å². The summed E-state index contributed by atoms with van der Waals surface area (Å²) < 4.78 is 1.70. The Balaban J connectivity index is 1.29. The van der Waals surface area contributed by atoms with E-state index in [1.54, 1.807) is 23.1 Å². The normalized spacial score (nSPS) is 12.9. The zero-order valence-electron chi connectivity index (χ0n) is 15.9. The molecular formula is C21H22N6O2. The van der Waals surface area contributed by atoms with Gasteiger partial charge in [-0.1, -0.05) is 30.3 Å². The zero-order valence-corrected chi connectivity index (χ0v) is 15.9. The highest BCUT2D eigenvalue weighted by Gasteiger charge is 2.18. The summed E-state index contributed by atoms with van der Waals surface area (Å²) in [6, 6.07) is 15.2. The smallest absolute Gasteiger partial charge is 0.269 e. The molecule has 2 aromatic carbocycles. The van der Waals surface area contributed by atoms with E-state index in [2.05, 4.69) is 27.0 Å². The fourth-order valence-corrected chi connectivity index (χ4v) is 3.45. The maximum absolute atomic E-state index is 12.3. The summed E-state index contributed by atoms with van der Waals surface area (Å²) in [6.07, 6.45) is 5.15. The second kappa shape index (κ2) is 8.55. The lowest BCUT2D eigenvalue weighted by Crippen LogP contribution is -2.47. The molecule has 1 aliphatic rings. The van der Waals surface area contributed by atoms with Crippen LogP contribution >= 0.6 is 0 Å². The van der Waals surface area contributed by atoms with Crippen LogP contribution < -0.4 is 15.8 Å². The quantitative estimate of drug-likeness (QED) is 0.645. The minimum absolute atomic E-state index is 0.203. The number of aromatic nitrogens is 3. The van der Waals surface area contributed by atoms with E-state index in [4.69, 9.17) is 0 Å². The maximum atomic E-state index is 12.3. The molecule has 0 radical (unpaired) electrons. The lowest BCUT2D eigenvalue weighted by molar-refractivity contribution is -0.120. The topological polar surface area (TPSA) is 92.2 Å². The fraction of sp³-hybridized carbons (Fsp3) is 0.238. The maximum Gasteiger partial charge on any atom is 0.269 e. The molecule has 2 N–H and O–H groups in total. The minimum atomic E-state index is -0.357. The average Bonchev–Trinajstić information content (AvgIpc) is 3.26. The second-order valence-electron chi connectivity index (χ2n) is 6.95. The highest BCUT2D eigenvalue weighted by Crippen LogP contribution is 2.26. The first-order valence-corrected chi connectivity index (χ1v) is 9.52. The van der Waals surface area contributed by atoms with Crippen LogP contribution in [-0.4, -0.2) is 39.7 Å². The van der Waals surface area contributed by atoms with E-state index in [-0.39, 0.29) is 18.4 Å². The van der Waals surface area contributed by atoms with Gasteiger partial charge < -0.3 is 4.90 Å². The average molecular weight is 390 g/mol. The molecule has 4 rings (SSSR count). The number of para-hydroxylation sites is 1. The highest BCUT2D eigenvalue weighted by atomic mass is 16.2. The van der Waals surface area contributed by atoms with Crippen molar-refractivity contribution in [1.29, 1.82) is 0 Å². The first-order valence-electron chi connectivity index (χ1n) is 9.52. The third-order valence-corrected chi connectivity index (χ3v) is 4.88. The third kappa shape index (κ3) is 4.60. The van der Waals surface area contributed by atoms with Crippen LogP contribution in [0.4, 0.5) is 5.69 Å². The highest BCUT2D eigenvalue weighted by molar-refractivity contribution is 5.95. The molecule has 8 heteroatoms. The van der Waals surface area contributed by atoms with Crippen molar-refractivity contribution in [2.24, 2.45) is 0 Å². The van der Waals surface area contributed by atoms with Crippen LogP contribution in [0.3, 0.4) is 0 Å². The molecule has 0 saturated carbocycles. The number of fused-ring (bicyclic) bond motifs is 1. The van der Waals surface area contributed by atoms with Gasteiger partial charge in [0.2, 0.25) is 0 Å². The van der Waals surface area contributed by atoms with Crippen molar-refractivity contribution in [1.82, 2.24) is 25.6 Å². The van der Waals surface area contributed by atoms with E-state index in [9.17, 15) is 9.59 Å². The van der Waals surface area contributed by atoms with E-state index >= 15 is 0 Å². The molecule has 29 heavy (non-hydrogen) atoms. The van der Waals surface area contributed by atoms with Gasteiger partial charge in [-0.05, 0) is 42.2 Å². The molecule has 1 aromatic heterocycles. The molecule has 0 bridgehead atoms. The van der Waals surface area contributed by atoms with Crippen molar-refractivity contribution in [3.8, 4) is 0 Å². The van der Waals surface area contributed by atoms with Crippen molar-refractivity contribution in [3.05, 3.63) is 77.9 Å². The number of carbonyl (C=O) groups is 2. The van der Waals surface area contributed by atoms with Gasteiger partial charge in [-0.15, -0.1) is 0 Å². The summed E-state index contributed by atoms with van der Waals surface area (Å²) in [4.78, 5) is 30.6. The summed E-state index contributed by atoms with van der Waals surface area (Å²) in [5.74, 6) is -0.609. The van der Waals surface area contributed by atoms with Crippen molar-refractivity contribution in [2.45, 2.75) is 19.4 Å². The molecule has 0 saturated heterocycles. The van der Waals surface area contributed by atoms with Crippen LogP contribution in [0.1, 0.15) is 27.9 Å². The van der Waals surface area contributed by atoms with Crippen molar-refractivity contribution in [3.63, 3.8) is 0 Å². The second-order valence-corrected chi connectivity index (χ2v) is 6.95. The summed E-state index contributed by atoms with van der Waals surface area (Å²) in [5, 5.41) is 4.05. The van der Waals surface area contributed by atoms with E-state index in [0.29, 0.717) is 12.1 Å². The lowest BCUT2D eigenvalue weighted by Gasteiger charge is -2.30. The third-order valence-electron chi connectivity index (χ3n) is 4.88. The molecule has 3 aromatic rings. The summed E-state index contributed by atoms with van der Waals surface area (Å²) in [6.45, 7) is 1.61. The van der Waals surface area contributed by atoms with E-state index in [1.807, 2.05) is 35.2 Å². The fourth-order valence-electron chi connectivity index (χ4n) is 3.45. The number of nitrogens with zero attached hydrogens (tertiary/aromatic N) is 4. The van der Waals surface area contributed by atoms with Gasteiger partial charge in [0.1, 0.15) is 12.7 Å². The summed E-state index contributed by atoms with van der Waals surface area (Å²) >= 11 is 0. The number of hydrogen-bond donors (Lipinski definition) is 2. The molecule has 0 aliphatic carbocycles. The van der Waals surface area contributed by atoms with Gasteiger partial charge in [-0.25, -0.2) is 9.67 Å². The Morgan fingerprint density at radius 2 is 1.86 bits per heavy atom. The van der Waals surface area contributed by atoms with Gasteiger partial charge in [0.05, 0.1) is 13.1 Å². The number of benzene rings is 2. The number of aryl methyl sites for hydroxylation is 1. The number of hydrazine groups is 1. The Morgan fingerprint density at radius 3 is 2.66 bits per heavy atom. The molecule has 8 nitrogen and oxygen atoms in total. The minimum Gasteiger partial charge on any atom is -0.362 e. The zero-order chi connectivity index (χ0) is 20.1. The van der Waals surface area contributed by atoms with Gasteiger partial charge in [-0.3, -0.25) is 20.4 Å². The van der Waals surface area contributed by atoms with Gasteiger partial charge in [0.15, 0.2) is 0 Å². The standard InChI is InChI=1S/C21H22N6O2/c28-20(13-26-11-3-5-17-4-1-2-6-19(17)26)24-25-21(29)18-9-7-16(8-10-18)12-27-15-22-14-23-27/h1-2,4,6-10,14-15H,3,5,11-13H2,(H,24,28)(H,25,29). The molecule has 2 amide bonds. The molecule has 2 heterocycles. The number of anilines is 1. The monoisotopic (exact) mass is 390 g/mol. The first kappa shape index (κ1) is 18.7. The van der Waals surface area contributed by atoms with Gasteiger partial charge in [0.25, 0.3) is 11.8 Å². The molecule has 0 fully saturated rings. The number of hydrogen-bond acceptors (Lipinski definition) is 5. The van der Waals surface area contributed by atoms with E-state index in [1.165, 1.54) is 11.9 Å². The predicted octanol–water partition coefficient (Wildman–Crippen LogP) is 1.54. The van der Waals surface area contributed by atoms with Gasteiger partial charge >= 0.3 is 0 Å². The Kier molecular flexibility index (Phi) is 5.51. The Morgan fingerprint density at radius 1 is 1.03 bits per heavy atom. The van der Waals surface area contributed by atoms with Crippen LogP contribution in [0.2, 0.25) is 0 Å². The van der Waals surface area contributed by atoms with E-state index < -0.39 is 0 Å². The van der Waals surface area contributed by atoms with Crippen LogP contribution in [0.5, 0.6) is 0 Å². The Labute approximate surface area is 168 Å². The van der Waals surface area contributed by atoms with Crippen LogP contribution in [-0.2, 0) is 17.8 Å². The van der Waals surface area contributed by atoms with Crippen LogP contribution in [0, 0.1) is 0 Å². The number of nitrogens with one attached hydrogen (secondary N) is 2. The first-order chi connectivity index (χ1) is 14.2. The summed E-state index contributed by atoms with van der Waals surface area (Å²) in [7, 11) is 0. The van der Waals surface area contributed by atoms with Crippen molar-refractivity contribution in [2.75, 3.05) is 18.0 Å². The van der Waals surface area contributed by atoms with Crippen molar-refractivity contribution < 1.29 is 9.59 Å². The Bertz CT molecular complexity index is 985. The molecule has 0 unspecified atom stereocenters. The largest absolute Gasteiger partial charge is 0.362 e. The SMILES string of the molecule is O=C(CN1CCCc2ccccc21)NNC(=O)c1ccc(Cn2cncn2)cc1. The molecule has 0 spiro atoms. The number of amides is 2. The number of carbonyl (C=O) groups excluding carboxylic acids is 2. The summed E-state index contributed by atoms with van der Waals surface area (Å²) in [5.41, 5.74) is 8.80. The Hall–Kier alpha value is -3.68.